The Balaban J connectivity index is 4.29. The molecule has 0 fully saturated rings. The van der Waals surface area contributed by atoms with Crippen LogP contribution in [0.15, 0.2) is 59.3 Å². The van der Waals surface area contributed by atoms with E-state index in [0.717, 1.165) is 44.9 Å². The number of allylic oxidation sites excluding steroid dienone is 8. The van der Waals surface area contributed by atoms with Gasteiger partial charge in [0.25, 0.3) is 0 Å². The van der Waals surface area contributed by atoms with E-state index in [0.29, 0.717) is 6.61 Å². The van der Waals surface area contributed by atoms with Gasteiger partial charge in [-0.25, -0.2) is 4.79 Å². The van der Waals surface area contributed by atoms with Crippen LogP contribution < -0.4 is 0 Å². The molecule has 1 atom stereocenters. The summed E-state index contributed by atoms with van der Waals surface area (Å²) in [6.07, 6.45) is 17.7. The summed E-state index contributed by atoms with van der Waals surface area (Å²) in [7, 11) is 1.31. The van der Waals surface area contributed by atoms with Crippen molar-refractivity contribution in [1.29, 1.82) is 0 Å². The Kier molecular flexibility index (Phi) is 14.7. The second-order valence-corrected chi connectivity index (χ2v) is 9.65. The van der Waals surface area contributed by atoms with Crippen LogP contribution in [0.3, 0.4) is 0 Å². The number of esters is 1. The van der Waals surface area contributed by atoms with Gasteiger partial charge in [-0.1, -0.05) is 73.1 Å². The summed E-state index contributed by atoms with van der Waals surface area (Å²) in [6, 6.07) is 0. The Bertz CT molecular complexity index is 706. The van der Waals surface area contributed by atoms with E-state index in [9.17, 15) is 4.79 Å². The van der Waals surface area contributed by atoms with E-state index in [1.807, 2.05) is 6.08 Å². The molecule has 0 spiro atoms. The molecule has 0 rings (SSSR count). The Morgan fingerprint density at radius 3 is 2.31 bits per heavy atom. The zero-order chi connectivity index (χ0) is 25.3. The van der Waals surface area contributed by atoms with E-state index in [1.165, 1.54) is 29.4 Å². The van der Waals surface area contributed by atoms with Gasteiger partial charge in [0, 0.05) is 1.37 Å². The van der Waals surface area contributed by atoms with Crippen LogP contribution in [-0.2, 0) is 14.3 Å². The highest BCUT2D eigenvalue weighted by atomic mass is 16.6. The van der Waals surface area contributed by atoms with Crippen molar-refractivity contribution < 1.29 is 15.6 Å². The molecule has 1 unspecified atom stereocenters. The van der Waals surface area contributed by atoms with Crippen LogP contribution in [0, 0.1) is 5.41 Å². The minimum absolute atomic E-state index is 0.129. The van der Waals surface area contributed by atoms with Crippen LogP contribution >= 0.6 is 0 Å². The average molecular weight is 446 g/mol. The van der Waals surface area contributed by atoms with Crippen molar-refractivity contribution in [2.45, 2.75) is 99.5 Å². The normalized spacial score (nSPS) is 14.3. The van der Waals surface area contributed by atoms with Crippen molar-refractivity contribution in [3.63, 3.8) is 0 Å². The number of carbonyl (C=O) groups excluding carboxylic acids is 1. The lowest BCUT2D eigenvalue weighted by Gasteiger charge is -2.20. The second-order valence-electron chi connectivity index (χ2n) is 9.65. The van der Waals surface area contributed by atoms with Crippen molar-refractivity contribution in [3.05, 3.63) is 59.3 Å². The van der Waals surface area contributed by atoms with Crippen LogP contribution in [-0.4, -0.2) is 25.8 Å². The van der Waals surface area contributed by atoms with Crippen molar-refractivity contribution in [1.82, 2.24) is 0 Å². The fourth-order valence-corrected chi connectivity index (χ4v) is 3.01. The molecule has 0 bridgehead atoms. The number of hydrogen-bond acceptors (Lipinski definition) is 3. The fourth-order valence-electron chi connectivity index (χ4n) is 3.01. The molecule has 0 amide bonds. The molecule has 0 aliphatic carbocycles. The number of rotatable bonds is 16. The second kappa shape index (κ2) is 16.7. The number of carbonyl (C=O) groups is 1. The minimum Gasteiger partial charge on any atom is -0.467 e. The lowest BCUT2D eigenvalue weighted by Crippen LogP contribution is -2.22. The summed E-state index contributed by atoms with van der Waals surface area (Å²) >= 11 is 0. The van der Waals surface area contributed by atoms with Crippen LogP contribution in [0.4, 0.5) is 0 Å². The van der Waals surface area contributed by atoms with Gasteiger partial charge in [-0.3, -0.25) is 0 Å². The van der Waals surface area contributed by atoms with Gasteiger partial charge in [0.2, 0.25) is 0 Å². The van der Waals surface area contributed by atoms with E-state index >= 15 is 0 Å². The lowest BCUT2D eigenvalue weighted by atomic mass is 9.85. The number of methoxy groups -OCH3 is 1. The molecule has 0 aliphatic heterocycles. The number of ether oxygens (including phenoxy) is 2. The molecule has 0 radical (unpaired) electrons. The third-order valence-corrected chi connectivity index (χ3v) is 5.42. The van der Waals surface area contributed by atoms with E-state index < -0.39 is 12.1 Å². The first-order valence-corrected chi connectivity index (χ1v) is 11.8. The molecule has 3 heteroatoms. The van der Waals surface area contributed by atoms with Gasteiger partial charge in [-0.15, -0.1) is 0 Å². The van der Waals surface area contributed by atoms with Gasteiger partial charge in [-0.05, 0) is 85.0 Å². The van der Waals surface area contributed by atoms with E-state index in [-0.39, 0.29) is 12.3 Å². The predicted molar refractivity (Wildman–Crippen MR) is 139 cm³/mol. The van der Waals surface area contributed by atoms with Gasteiger partial charge >= 0.3 is 5.97 Å². The van der Waals surface area contributed by atoms with Gasteiger partial charge in [0.05, 0.1) is 13.7 Å². The maximum absolute atomic E-state index is 11.4. The summed E-state index contributed by atoms with van der Waals surface area (Å²) < 4.78 is 17.4. The summed E-state index contributed by atoms with van der Waals surface area (Å²) in [5.74, 6) is -0.491. The van der Waals surface area contributed by atoms with E-state index in [1.54, 1.807) is 0 Å². The third-order valence-electron chi connectivity index (χ3n) is 5.42. The predicted octanol–water partition coefficient (Wildman–Crippen LogP) is 8.29. The molecule has 0 heterocycles. The first kappa shape index (κ1) is 28.2. The lowest BCUT2D eigenvalue weighted by molar-refractivity contribution is -0.152. The first-order valence-electron chi connectivity index (χ1n) is 12.5. The SMILES string of the molecule is [2H]CC(OC/C=C(/C)CC/C=C/C(C)(C)CCC(=C)C/C=C(\C)CCC=C(C)C)C(=O)OC. The zero-order valence-corrected chi connectivity index (χ0v) is 21.8. The largest absolute Gasteiger partial charge is 0.467 e. The summed E-state index contributed by atoms with van der Waals surface area (Å²) in [5, 5.41) is 0. The highest BCUT2D eigenvalue weighted by molar-refractivity contribution is 5.73. The minimum atomic E-state index is -0.809. The first-order chi connectivity index (χ1) is 15.5. The van der Waals surface area contributed by atoms with Crippen LogP contribution in [0.25, 0.3) is 0 Å². The molecule has 3 nitrogen and oxygen atoms in total. The van der Waals surface area contributed by atoms with Crippen LogP contribution in [0.5, 0.6) is 0 Å². The molecule has 182 valence electrons. The molecule has 0 aromatic rings. The molecule has 0 aromatic heterocycles. The van der Waals surface area contributed by atoms with E-state index in [2.05, 4.69) is 77.2 Å². The Morgan fingerprint density at radius 2 is 1.69 bits per heavy atom. The van der Waals surface area contributed by atoms with Crippen molar-refractivity contribution in [2.24, 2.45) is 5.41 Å². The molecular formula is C29H48O3. The topological polar surface area (TPSA) is 35.5 Å². The van der Waals surface area contributed by atoms with Gasteiger partial charge < -0.3 is 9.47 Å². The highest BCUT2D eigenvalue weighted by Gasteiger charge is 2.14. The Labute approximate surface area is 199 Å². The van der Waals surface area contributed by atoms with Crippen molar-refractivity contribution in [2.75, 3.05) is 13.7 Å². The maximum atomic E-state index is 11.4. The molecule has 0 aromatic carbocycles. The average Bonchev–Trinajstić information content (AvgIpc) is 2.76. The maximum Gasteiger partial charge on any atom is 0.334 e. The molecule has 0 saturated carbocycles. The zero-order valence-electron chi connectivity index (χ0n) is 22.8. The van der Waals surface area contributed by atoms with Gasteiger partial charge in [0.1, 0.15) is 0 Å². The summed E-state index contributed by atoms with van der Waals surface area (Å²) in [4.78, 5) is 11.4. The monoisotopic (exact) mass is 445 g/mol. The van der Waals surface area contributed by atoms with Gasteiger partial charge in [0.15, 0.2) is 6.10 Å². The summed E-state index contributed by atoms with van der Waals surface area (Å²) in [5.41, 5.74) is 5.49. The quantitative estimate of drug-likeness (QED) is 0.177. The van der Waals surface area contributed by atoms with E-state index in [4.69, 9.17) is 6.11 Å². The molecule has 0 saturated heterocycles. The van der Waals surface area contributed by atoms with Crippen LogP contribution in [0.2, 0.25) is 0 Å². The van der Waals surface area contributed by atoms with Crippen molar-refractivity contribution >= 4 is 5.97 Å². The summed E-state index contributed by atoms with van der Waals surface area (Å²) in [6.45, 7) is 17.6. The smallest absolute Gasteiger partial charge is 0.334 e. The third kappa shape index (κ3) is 16.8. The molecule has 0 aliphatic rings. The standard InChI is InChI=1S/C29H48O3/c1-23(2)13-12-15-24(3)16-17-26(5)18-21-29(7,8)20-11-10-14-25(4)19-22-32-27(6)28(30)31-9/h11,13,16,19-20,27H,5,10,12,14-15,17-18,21-22H2,1-4,6-9H3/b20-11+,24-16+,25-19-/i6D. The highest BCUT2D eigenvalue weighted by Crippen LogP contribution is 2.27. The van der Waals surface area contributed by atoms with Crippen LogP contribution in [0.1, 0.15) is 94.8 Å². The Hall–Kier alpha value is -1.87. The molecular weight excluding hydrogens is 396 g/mol. The van der Waals surface area contributed by atoms with Crippen molar-refractivity contribution in [3.8, 4) is 0 Å². The number of hydrogen-bond donors (Lipinski definition) is 0. The van der Waals surface area contributed by atoms with Gasteiger partial charge in [-0.2, -0.15) is 0 Å². The Morgan fingerprint density at radius 1 is 1.03 bits per heavy atom. The molecule has 32 heavy (non-hydrogen) atoms. The fraction of sp³-hybridized carbons (Fsp3) is 0.621. The molecule has 0 N–H and O–H groups in total.